The third-order valence-corrected chi connectivity index (χ3v) is 12.2. The minimum absolute atomic E-state index is 0. The fraction of sp³-hybridized carbons (Fsp3) is 0.556. The molecule has 0 aliphatic rings. The highest BCUT2D eigenvalue weighted by atomic mass is 31.0. The summed E-state index contributed by atoms with van der Waals surface area (Å²) in [5, 5.41) is 34.9. The molecule has 0 aromatic heterocycles. The Kier molecular flexibility index (Phi) is 13.8. The van der Waals surface area contributed by atoms with Crippen LogP contribution in [0.15, 0.2) is 36.4 Å². The molecule has 3 nitrogen and oxygen atoms in total. The van der Waals surface area contributed by atoms with Crippen molar-refractivity contribution >= 4 is 9.90 Å². The van der Waals surface area contributed by atoms with Gasteiger partial charge in [0.25, 0.3) is 0 Å². The highest BCUT2D eigenvalue weighted by Crippen LogP contribution is 2.45. The molecule has 0 aliphatic carbocycles. The van der Waals surface area contributed by atoms with E-state index >= 15 is 0 Å². The maximum absolute atomic E-state index is 11.6. The van der Waals surface area contributed by atoms with Crippen LogP contribution in [0.5, 0.6) is 17.2 Å². The van der Waals surface area contributed by atoms with Crippen molar-refractivity contribution in [3.63, 3.8) is 0 Å². The van der Waals surface area contributed by atoms with Crippen LogP contribution in [0.2, 0.25) is 0 Å². The molecule has 0 amide bonds. The van der Waals surface area contributed by atoms with Crippen LogP contribution in [0.25, 0.3) is 0 Å². The lowest BCUT2D eigenvalue weighted by molar-refractivity contribution is 0.422. The number of hydrogen-bond donors (Lipinski definition) is 3. The van der Waals surface area contributed by atoms with Crippen LogP contribution < -0.4 is 0 Å². The van der Waals surface area contributed by atoms with Crippen LogP contribution in [0.1, 0.15) is 208 Å². The molecule has 0 fully saturated rings. The van der Waals surface area contributed by atoms with Gasteiger partial charge in [-0.3, -0.25) is 0 Å². The van der Waals surface area contributed by atoms with Crippen molar-refractivity contribution in [1.29, 1.82) is 0 Å². The third kappa shape index (κ3) is 10.3. The van der Waals surface area contributed by atoms with Gasteiger partial charge in [0, 0.05) is 0 Å². The number of benzene rings is 4. The molecule has 0 aliphatic heterocycles. The van der Waals surface area contributed by atoms with Crippen LogP contribution >= 0.6 is 9.90 Å². The predicted octanol–water partition coefficient (Wildman–Crippen LogP) is 14.3. The van der Waals surface area contributed by atoms with Crippen molar-refractivity contribution < 1.29 is 15.3 Å². The molecule has 4 heteroatoms. The van der Waals surface area contributed by atoms with Gasteiger partial charge in [0.15, 0.2) is 0 Å². The van der Waals surface area contributed by atoms with E-state index in [-0.39, 0.29) is 42.4 Å². The maximum atomic E-state index is 11.6. The minimum atomic E-state index is -0.226. The molecule has 3 N–H and O–H groups in total. The van der Waals surface area contributed by atoms with Crippen LogP contribution in [0.4, 0.5) is 0 Å². The Hall–Kier alpha value is -3.29. The summed E-state index contributed by atoms with van der Waals surface area (Å²) < 4.78 is 0. The van der Waals surface area contributed by atoms with Gasteiger partial charge in [-0.15, -0.1) is 0 Å². The third-order valence-electron chi connectivity index (χ3n) is 12.2. The molecule has 4 aromatic carbocycles. The van der Waals surface area contributed by atoms with Crippen molar-refractivity contribution in [1.82, 2.24) is 0 Å². The van der Waals surface area contributed by atoms with Gasteiger partial charge in [0.2, 0.25) is 0 Å². The summed E-state index contributed by atoms with van der Waals surface area (Å²) in [6.45, 7) is 46.2. The first-order valence-corrected chi connectivity index (χ1v) is 21.3. The van der Waals surface area contributed by atoms with E-state index in [1.165, 1.54) is 50.1 Å². The van der Waals surface area contributed by atoms with Gasteiger partial charge in [-0.05, 0) is 156 Å². The largest absolute Gasteiger partial charge is 0.507 e. The zero-order chi connectivity index (χ0) is 43.8. The number of phenols is 3. The minimum Gasteiger partial charge on any atom is -0.507 e. The summed E-state index contributed by atoms with van der Waals surface area (Å²) in [6, 6.07) is 13.4. The quantitative estimate of drug-likeness (QED) is 0.170. The van der Waals surface area contributed by atoms with Gasteiger partial charge in [0.1, 0.15) is 17.2 Å². The van der Waals surface area contributed by atoms with Crippen LogP contribution in [0, 0.1) is 20.8 Å². The zero-order valence-electron chi connectivity index (χ0n) is 40.6. The lowest BCUT2D eigenvalue weighted by Gasteiger charge is -2.30. The fourth-order valence-electron chi connectivity index (χ4n) is 8.62. The van der Waals surface area contributed by atoms with E-state index in [0.29, 0.717) is 17.2 Å². The Bertz CT molecular complexity index is 1780. The maximum Gasteiger partial charge on any atom is 0.123 e. The summed E-state index contributed by atoms with van der Waals surface area (Å²) in [4.78, 5) is 0. The highest BCUT2D eigenvalue weighted by Gasteiger charge is 2.31. The van der Waals surface area contributed by atoms with Crippen molar-refractivity contribution in [2.45, 2.75) is 197 Å². The van der Waals surface area contributed by atoms with Crippen molar-refractivity contribution in [2.24, 2.45) is 0 Å². The molecular weight excluding hydrogens is 728 g/mol. The Morgan fingerprint density at radius 3 is 0.569 bits per heavy atom. The summed E-state index contributed by atoms with van der Waals surface area (Å²) in [6.07, 6.45) is 2.24. The Labute approximate surface area is 358 Å². The van der Waals surface area contributed by atoms with Gasteiger partial charge in [-0.1, -0.05) is 161 Å². The normalized spacial score (nSPS) is 13.2. The zero-order valence-corrected chi connectivity index (χ0v) is 42.0. The summed E-state index contributed by atoms with van der Waals surface area (Å²) in [5.74, 6) is 1.22. The first kappa shape index (κ1) is 49.1. The Morgan fingerprint density at radius 1 is 0.310 bits per heavy atom. The van der Waals surface area contributed by atoms with Crippen LogP contribution in [0.3, 0.4) is 0 Å². The van der Waals surface area contributed by atoms with Gasteiger partial charge < -0.3 is 15.3 Å². The summed E-state index contributed by atoms with van der Waals surface area (Å²) >= 11 is 0. The molecule has 58 heavy (non-hydrogen) atoms. The fourth-order valence-corrected chi connectivity index (χ4v) is 8.62. The Balaban J connectivity index is 0.00000900. The van der Waals surface area contributed by atoms with Crippen molar-refractivity contribution in [2.75, 3.05) is 0 Å². The van der Waals surface area contributed by atoms with E-state index in [9.17, 15) is 15.3 Å². The van der Waals surface area contributed by atoms with Gasteiger partial charge in [0.05, 0.1) is 0 Å². The Morgan fingerprint density at radius 2 is 0.448 bits per heavy atom. The monoisotopic (exact) mass is 809 g/mol. The molecular formula is C54H81O3P. The average Bonchev–Trinajstić information content (AvgIpc) is 3.02. The van der Waals surface area contributed by atoms with Crippen molar-refractivity contribution in [3.05, 3.63) is 120 Å². The van der Waals surface area contributed by atoms with Crippen LogP contribution in [-0.4, -0.2) is 15.3 Å². The molecule has 0 saturated heterocycles. The number of aromatic hydroxyl groups is 3. The molecule has 0 bridgehead atoms. The summed E-state index contributed by atoms with van der Waals surface area (Å²) in [7, 11) is 0. The standard InChI is InChI=1S/C54H78O3.H3P/c1-31-37(22-34-25-40(49(4,5)6)46(55)41(26-34)50(7,8)9)32(2)39(24-36-29-44(53(16,17)18)48(57)45(30-36)54(19,20)21)33(3)38(31)23-35-27-42(51(10,11)12)47(56)43(28-35)52(13,14)15;/h25-30,55-57H,22-24H2,1-21H3;1H3. The number of hydrogen-bond acceptors (Lipinski definition) is 3. The average molecular weight is 809 g/mol. The molecule has 1 atom stereocenters. The van der Waals surface area contributed by atoms with E-state index in [1.807, 2.05) is 0 Å². The van der Waals surface area contributed by atoms with Gasteiger partial charge >= 0.3 is 0 Å². The number of phenolic OH excluding ortho intramolecular Hbond substituents is 3. The molecule has 4 aromatic rings. The second-order valence-corrected chi connectivity index (χ2v) is 23.5. The second kappa shape index (κ2) is 16.3. The first-order valence-electron chi connectivity index (χ1n) is 21.3. The van der Waals surface area contributed by atoms with E-state index in [4.69, 9.17) is 0 Å². The van der Waals surface area contributed by atoms with E-state index in [1.54, 1.807) is 0 Å². The lowest BCUT2D eigenvalue weighted by Crippen LogP contribution is -2.19. The number of rotatable bonds is 6. The van der Waals surface area contributed by atoms with Gasteiger partial charge in [-0.2, -0.15) is 9.90 Å². The summed E-state index contributed by atoms with van der Waals surface area (Å²) in [5.41, 5.74) is 16.0. The SMILES string of the molecule is Cc1c(Cc2cc(C(C)(C)C)c(O)c(C(C)(C)C)c2)c(C)c(Cc2cc(C(C)(C)C)c(O)c(C(C)(C)C)c2)c(C)c1Cc1cc(C(C)(C)C)c(O)c(C(C)(C)C)c1.P. The smallest absolute Gasteiger partial charge is 0.123 e. The molecule has 1 unspecified atom stereocenters. The molecule has 0 spiro atoms. The molecule has 0 saturated carbocycles. The van der Waals surface area contributed by atoms with E-state index in [0.717, 1.165) is 52.6 Å². The van der Waals surface area contributed by atoms with Crippen molar-refractivity contribution in [3.8, 4) is 17.2 Å². The lowest BCUT2D eigenvalue weighted by atomic mass is 9.75. The van der Waals surface area contributed by atoms with Crippen LogP contribution in [-0.2, 0) is 51.8 Å². The molecule has 4 rings (SSSR count). The van der Waals surface area contributed by atoms with E-state index < -0.39 is 0 Å². The van der Waals surface area contributed by atoms with Gasteiger partial charge in [-0.25, -0.2) is 0 Å². The first-order chi connectivity index (χ1) is 25.5. The molecule has 0 radical (unpaired) electrons. The predicted molar refractivity (Wildman–Crippen MR) is 257 cm³/mol. The molecule has 320 valence electrons. The molecule has 0 heterocycles. The van der Waals surface area contributed by atoms with E-state index in [2.05, 4.69) is 182 Å². The topological polar surface area (TPSA) is 60.7 Å². The second-order valence-electron chi connectivity index (χ2n) is 23.5. The highest BCUT2D eigenvalue weighted by molar-refractivity contribution is 6.92.